The first-order valence-corrected chi connectivity index (χ1v) is 29.0. The van der Waals surface area contributed by atoms with E-state index in [1.807, 2.05) is 6.07 Å². The molecule has 0 spiro atoms. The molecule has 0 radical (unpaired) electrons. The van der Waals surface area contributed by atoms with Gasteiger partial charge in [0.1, 0.15) is 33.5 Å². The highest BCUT2D eigenvalue weighted by atomic mass is 16.3. The molecule has 0 N–H and O–H groups in total. The standard InChI is InChI=1S/C78H57NO3/c1-75(2)58-34-35-69-72(53-18-11-14-23-68(53)80-69)70(58)56-40-62-54(38-64(56)75)47-30-28-44(36-60(47)77(62,5)6)79(43-26-24-42(25-27-43)46-19-15-20-51-49-16-9-12-21-66(49)81-73(46)51)45-29-31-48-55-39-65-57(41-63(55)78(7,8)61(48)37-45)71-59(76(65,3)4)33-32-52-50-17-10-13-22-67(50)82-74(52)71/h9-41H,1-8H3. The molecule has 4 aliphatic rings. The van der Waals surface area contributed by atoms with Crippen LogP contribution in [-0.4, -0.2) is 0 Å². The van der Waals surface area contributed by atoms with Crippen LogP contribution in [-0.2, 0) is 21.7 Å². The number of rotatable bonds is 4. The van der Waals surface area contributed by atoms with Crippen LogP contribution in [0.3, 0.4) is 0 Å². The van der Waals surface area contributed by atoms with Gasteiger partial charge < -0.3 is 18.2 Å². The maximum Gasteiger partial charge on any atom is 0.143 e. The third kappa shape index (κ3) is 5.77. The molecule has 14 aromatic rings. The molecular weight excluding hydrogens is 999 g/mol. The smallest absolute Gasteiger partial charge is 0.143 e. The molecule has 0 saturated heterocycles. The maximum absolute atomic E-state index is 6.78. The molecule has 18 rings (SSSR count). The van der Waals surface area contributed by atoms with E-state index in [4.69, 9.17) is 13.3 Å². The molecule has 0 fully saturated rings. The van der Waals surface area contributed by atoms with Crippen LogP contribution in [0.4, 0.5) is 17.1 Å². The van der Waals surface area contributed by atoms with E-state index in [-0.39, 0.29) is 21.7 Å². The van der Waals surface area contributed by atoms with Gasteiger partial charge in [-0.2, -0.15) is 0 Å². The fourth-order valence-electron chi connectivity index (χ4n) is 16.0. The molecule has 0 amide bonds. The second-order valence-electron chi connectivity index (χ2n) is 25.9. The zero-order valence-electron chi connectivity index (χ0n) is 47.2. The van der Waals surface area contributed by atoms with E-state index in [2.05, 4.69) is 254 Å². The molecular formula is C78H57NO3. The van der Waals surface area contributed by atoms with Crippen LogP contribution in [0.25, 0.3) is 121 Å². The first-order valence-electron chi connectivity index (χ1n) is 29.0. The monoisotopic (exact) mass is 1060 g/mol. The first kappa shape index (κ1) is 46.4. The average Bonchev–Trinajstić information content (AvgIpc) is 2.90. The van der Waals surface area contributed by atoms with Crippen LogP contribution in [0.1, 0.15) is 99.9 Å². The number of nitrogens with zero attached hydrogens (tertiary/aromatic N) is 1. The predicted octanol–water partition coefficient (Wildman–Crippen LogP) is 21.7. The number of fused-ring (bicyclic) bond motifs is 23. The fraction of sp³-hybridized carbons (Fsp3) is 0.154. The van der Waals surface area contributed by atoms with Gasteiger partial charge in [0.25, 0.3) is 0 Å². The fourth-order valence-corrected chi connectivity index (χ4v) is 16.0. The lowest BCUT2D eigenvalue weighted by molar-refractivity contribution is 0.649. The Morgan fingerprint density at radius 3 is 1.32 bits per heavy atom. The topological polar surface area (TPSA) is 42.7 Å². The largest absolute Gasteiger partial charge is 0.456 e. The Labute approximate surface area is 475 Å². The van der Waals surface area contributed by atoms with Crippen LogP contribution in [0.2, 0.25) is 0 Å². The molecule has 4 aliphatic carbocycles. The van der Waals surface area contributed by atoms with Crippen molar-refractivity contribution in [1.82, 2.24) is 0 Å². The predicted molar refractivity (Wildman–Crippen MR) is 339 cm³/mol. The van der Waals surface area contributed by atoms with E-state index < -0.39 is 0 Å². The third-order valence-corrected chi connectivity index (χ3v) is 20.3. The summed E-state index contributed by atoms with van der Waals surface area (Å²) in [5, 5.41) is 6.99. The minimum absolute atomic E-state index is 0.194. The summed E-state index contributed by atoms with van der Waals surface area (Å²) in [6, 6.07) is 74.6. The Hall–Kier alpha value is -9.38. The highest BCUT2D eigenvalue weighted by molar-refractivity contribution is 6.16. The normalized spacial score (nSPS) is 16.0. The molecule has 3 aromatic heterocycles. The van der Waals surface area contributed by atoms with Crippen LogP contribution in [0.5, 0.6) is 0 Å². The van der Waals surface area contributed by atoms with E-state index in [1.165, 1.54) is 105 Å². The summed E-state index contributed by atoms with van der Waals surface area (Å²) >= 11 is 0. The second-order valence-corrected chi connectivity index (χ2v) is 25.9. The molecule has 4 heteroatoms. The van der Waals surface area contributed by atoms with Crippen LogP contribution < -0.4 is 4.90 Å². The molecule has 82 heavy (non-hydrogen) atoms. The van der Waals surface area contributed by atoms with Gasteiger partial charge in [0.2, 0.25) is 0 Å². The molecule has 4 nitrogen and oxygen atoms in total. The summed E-state index contributed by atoms with van der Waals surface area (Å²) in [5.74, 6) is 0. The van der Waals surface area contributed by atoms with Crippen molar-refractivity contribution in [3.05, 3.63) is 245 Å². The Morgan fingerprint density at radius 2 is 0.707 bits per heavy atom. The second kappa shape index (κ2) is 15.3. The van der Waals surface area contributed by atoms with Gasteiger partial charge in [0, 0.05) is 82.2 Å². The Bertz CT molecular complexity index is 5220. The zero-order valence-corrected chi connectivity index (χ0v) is 47.2. The summed E-state index contributed by atoms with van der Waals surface area (Å²) < 4.78 is 19.9. The molecule has 392 valence electrons. The minimum atomic E-state index is -0.298. The van der Waals surface area contributed by atoms with Gasteiger partial charge in [-0.15, -0.1) is 0 Å². The summed E-state index contributed by atoms with van der Waals surface area (Å²) in [4.78, 5) is 2.49. The highest BCUT2D eigenvalue weighted by Gasteiger charge is 2.45. The lowest BCUT2D eigenvalue weighted by Crippen LogP contribution is -2.18. The first-order chi connectivity index (χ1) is 39.7. The van der Waals surface area contributed by atoms with Gasteiger partial charge in [0.05, 0.1) is 0 Å². The number of hydrogen-bond donors (Lipinski definition) is 0. The number of hydrogen-bond acceptors (Lipinski definition) is 4. The summed E-state index contributed by atoms with van der Waals surface area (Å²) in [6.07, 6.45) is 0. The Balaban J connectivity index is 0.790. The van der Waals surface area contributed by atoms with Crippen LogP contribution in [0, 0.1) is 0 Å². The minimum Gasteiger partial charge on any atom is -0.456 e. The molecule has 0 aliphatic heterocycles. The van der Waals surface area contributed by atoms with Crippen molar-refractivity contribution in [2.75, 3.05) is 4.90 Å². The molecule has 0 unspecified atom stereocenters. The summed E-state index contributed by atoms with van der Waals surface area (Å²) in [6.45, 7) is 19.2. The van der Waals surface area contributed by atoms with Crippen molar-refractivity contribution in [2.45, 2.75) is 77.0 Å². The van der Waals surface area contributed by atoms with Gasteiger partial charge in [-0.05, 0) is 174 Å². The van der Waals surface area contributed by atoms with Crippen molar-refractivity contribution < 1.29 is 13.3 Å². The van der Waals surface area contributed by atoms with E-state index in [9.17, 15) is 0 Å². The molecule has 0 atom stereocenters. The summed E-state index contributed by atoms with van der Waals surface area (Å²) in [7, 11) is 0. The lowest BCUT2D eigenvalue weighted by atomic mass is 9.79. The molecule has 0 saturated carbocycles. The van der Waals surface area contributed by atoms with E-state index >= 15 is 0 Å². The SMILES string of the molecule is CC1(C)c2cc(N(c3ccc(-c4cccc5c4oc4ccccc45)cc3)c3ccc4c(c3)C(C)(C)c3cc5c(cc3-4)C(C)(C)c3ccc4oc6ccccc6c4c3-5)ccc2-c2cc3c(cc21)-c1c(ccc2c1oc1ccccc12)C3(C)C. The number of para-hydroxylation sites is 4. The van der Waals surface area contributed by atoms with Gasteiger partial charge in [-0.3, -0.25) is 0 Å². The van der Waals surface area contributed by atoms with Gasteiger partial charge in [-0.25, -0.2) is 0 Å². The zero-order chi connectivity index (χ0) is 55.1. The number of furan rings is 3. The number of benzene rings is 11. The highest BCUT2D eigenvalue weighted by Crippen LogP contribution is 2.61. The van der Waals surface area contributed by atoms with Gasteiger partial charge in [-0.1, -0.05) is 171 Å². The molecule has 0 bridgehead atoms. The maximum atomic E-state index is 6.78. The van der Waals surface area contributed by atoms with E-state index in [0.29, 0.717) is 0 Å². The van der Waals surface area contributed by atoms with Crippen LogP contribution >= 0.6 is 0 Å². The van der Waals surface area contributed by atoms with Gasteiger partial charge >= 0.3 is 0 Å². The van der Waals surface area contributed by atoms with Crippen molar-refractivity contribution >= 4 is 82.9 Å². The molecule has 11 aromatic carbocycles. The van der Waals surface area contributed by atoms with Crippen LogP contribution in [0.15, 0.2) is 213 Å². The average molecular weight is 1060 g/mol. The quantitative estimate of drug-likeness (QED) is 0.176. The third-order valence-electron chi connectivity index (χ3n) is 20.3. The van der Waals surface area contributed by atoms with Crippen molar-refractivity contribution in [3.8, 4) is 55.6 Å². The Kier molecular flexibility index (Phi) is 8.67. The van der Waals surface area contributed by atoms with Crippen molar-refractivity contribution in [1.29, 1.82) is 0 Å². The lowest BCUT2D eigenvalue weighted by Gasteiger charge is -2.30. The van der Waals surface area contributed by atoms with Crippen molar-refractivity contribution in [2.24, 2.45) is 0 Å². The number of anilines is 3. The summed E-state index contributed by atoms with van der Waals surface area (Å²) in [5.41, 5.74) is 31.3. The van der Waals surface area contributed by atoms with E-state index in [1.54, 1.807) is 0 Å². The van der Waals surface area contributed by atoms with E-state index in [0.717, 1.165) is 77.8 Å². The van der Waals surface area contributed by atoms with Gasteiger partial charge in [0.15, 0.2) is 0 Å². The molecule has 3 heterocycles. The van der Waals surface area contributed by atoms with Crippen molar-refractivity contribution in [3.63, 3.8) is 0 Å². The Morgan fingerprint density at radius 1 is 0.268 bits per heavy atom.